The van der Waals surface area contributed by atoms with Crippen molar-refractivity contribution >= 4 is 23.2 Å². The van der Waals surface area contributed by atoms with Crippen molar-refractivity contribution in [1.29, 1.82) is 0 Å². The van der Waals surface area contributed by atoms with Gasteiger partial charge in [-0.1, -0.05) is 31.4 Å². The Bertz CT molecular complexity index is 395. The number of pyridine rings is 1. The van der Waals surface area contributed by atoms with E-state index in [2.05, 4.69) is 17.2 Å². The normalized spacial score (nSPS) is 12.2. The van der Waals surface area contributed by atoms with Crippen LogP contribution in [-0.2, 0) is 4.79 Å². The number of carbonyl (C=O) groups is 1. The highest BCUT2D eigenvalue weighted by Gasteiger charge is 2.14. The largest absolute Gasteiger partial charge is 0.322 e. The minimum absolute atomic E-state index is 0.215. The first kappa shape index (κ1) is 13.9. The van der Waals surface area contributed by atoms with Gasteiger partial charge in [0.15, 0.2) is 5.15 Å². The average Bonchev–Trinajstić information content (AvgIpc) is 2.30. The van der Waals surface area contributed by atoms with E-state index in [1.807, 2.05) is 6.92 Å². The minimum Gasteiger partial charge on any atom is -0.322 e. The molecule has 94 valence electrons. The van der Waals surface area contributed by atoms with E-state index in [1.165, 1.54) is 0 Å². The number of hydrogen-bond donors (Lipinski definition) is 2. The molecule has 5 heteroatoms. The van der Waals surface area contributed by atoms with E-state index in [9.17, 15) is 4.79 Å². The van der Waals surface area contributed by atoms with Crippen LogP contribution < -0.4 is 11.1 Å². The van der Waals surface area contributed by atoms with Crippen molar-refractivity contribution in [2.24, 2.45) is 5.73 Å². The van der Waals surface area contributed by atoms with E-state index >= 15 is 0 Å². The molecule has 0 fully saturated rings. The molecule has 0 spiro atoms. The van der Waals surface area contributed by atoms with Gasteiger partial charge in [0.25, 0.3) is 0 Å². The number of halogens is 1. The molecule has 0 saturated heterocycles. The third kappa shape index (κ3) is 4.32. The molecule has 17 heavy (non-hydrogen) atoms. The van der Waals surface area contributed by atoms with E-state index in [4.69, 9.17) is 17.3 Å². The molecular weight excluding hydrogens is 238 g/mol. The van der Waals surface area contributed by atoms with Gasteiger partial charge in [-0.2, -0.15) is 0 Å². The molecule has 0 aromatic carbocycles. The predicted octanol–water partition coefficient (Wildman–Crippen LogP) is 2.50. The number of nitrogens with one attached hydrogen (secondary N) is 1. The Morgan fingerprint density at radius 2 is 2.35 bits per heavy atom. The summed E-state index contributed by atoms with van der Waals surface area (Å²) in [5.41, 5.74) is 7.22. The van der Waals surface area contributed by atoms with Crippen molar-refractivity contribution in [2.45, 2.75) is 39.2 Å². The number of anilines is 1. The van der Waals surface area contributed by atoms with Crippen LogP contribution in [0.3, 0.4) is 0 Å². The van der Waals surface area contributed by atoms with Crippen LogP contribution in [0.2, 0.25) is 5.15 Å². The molecule has 0 aliphatic heterocycles. The van der Waals surface area contributed by atoms with Gasteiger partial charge in [-0.05, 0) is 25.0 Å². The zero-order chi connectivity index (χ0) is 12.8. The Kier molecular flexibility index (Phi) is 5.38. The summed E-state index contributed by atoms with van der Waals surface area (Å²) in [5.74, 6) is -0.215. The molecule has 1 atom stereocenters. The highest BCUT2D eigenvalue weighted by molar-refractivity contribution is 6.32. The van der Waals surface area contributed by atoms with E-state index in [0.29, 0.717) is 12.1 Å². The Morgan fingerprint density at radius 3 is 3.00 bits per heavy atom. The number of aryl methyl sites for hydroxylation is 1. The van der Waals surface area contributed by atoms with Gasteiger partial charge < -0.3 is 11.1 Å². The monoisotopic (exact) mass is 255 g/mol. The van der Waals surface area contributed by atoms with Gasteiger partial charge in [-0.15, -0.1) is 0 Å². The number of aromatic nitrogens is 1. The molecule has 1 amide bonds. The van der Waals surface area contributed by atoms with E-state index in [-0.39, 0.29) is 11.1 Å². The first-order chi connectivity index (χ1) is 8.04. The summed E-state index contributed by atoms with van der Waals surface area (Å²) in [7, 11) is 0. The van der Waals surface area contributed by atoms with Crippen molar-refractivity contribution in [2.75, 3.05) is 5.32 Å². The van der Waals surface area contributed by atoms with Crippen LogP contribution in [0.15, 0.2) is 12.3 Å². The first-order valence-electron chi connectivity index (χ1n) is 5.73. The number of rotatable bonds is 5. The number of nitrogens with zero attached hydrogens (tertiary/aromatic N) is 1. The van der Waals surface area contributed by atoms with Crippen LogP contribution in [0.1, 0.15) is 31.7 Å². The summed E-state index contributed by atoms with van der Waals surface area (Å²) in [6.07, 6.45) is 4.29. The molecule has 0 bridgehead atoms. The van der Waals surface area contributed by atoms with Crippen LogP contribution in [0.5, 0.6) is 0 Å². The lowest BCUT2D eigenvalue weighted by Crippen LogP contribution is -2.35. The maximum absolute atomic E-state index is 11.8. The fourth-order valence-corrected chi connectivity index (χ4v) is 1.57. The summed E-state index contributed by atoms with van der Waals surface area (Å²) >= 11 is 5.88. The Labute approximate surface area is 107 Å². The smallest absolute Gasteiger partial charge is 0.241 e. The van der Waals surface area contributed by atoms with E-state index < -0.39 is 6.04 Å². The summed E-state index contributed by atoms with van der Waals surface area (Å²) in [6, 6.07) is 1.28. The Hall–Kier alpha value is -1.13. The van der Waals surface area contributed by atoms with Gasteiger partial charge in [0, 0.05) is 6.20 Å². The molecule has 4 nitrogen and oxygen atoms in total. The zero-order valence-electron chi connectivity index (χ0n) is 10.2. The maximum Gasteiger partial charge on any atom is 0.241 e. The maximum atomic E-state index is 11.8. The first-order valence-corrected chi connectivity index (χ1v) is 6.11. The van der Waals surface area contributed by atoms with Crippen molar-refractivity contribution in [3.05, 3.63) is 23.0 Å². The SMILES string of the molecule is CCCC[C@H](N)C(=O)Nc1cc(C)cnc1Cl. The van der Waals surface area contributed by atoms with E-state index in [1.54, 1.807) is 12.3 Å². The van der Waals surface area contributed by atoms with Gasteiger partial charge in [-0.3, -0.25) is 4.79 Å². The molecule has 3 N–H and O–H groups in total. The van der Waals surface area contributed by atoms with Crippen LogP contribution in [0.4, 0.5) is 5.69 Å². The van der Waals surface area contributed by atoms with Gasteiger partial charge in [0.05, 0.1) is 11.7 Å². The predicted molar refractivity (Wildman–Crippen MR) is 70.1 cm³/mol. The van der Waals surface area contributed by atoms with Gasteiger partial charge in [-0.25, -0.2) is 4.98 Å². The quantitative estimate of drug-likeness (QED) is 0.795. The standard InChI is InChI=1S/C12H18ClN3O/c1-3-4-5-9(14)12(17)16-10-6-8(2)7-15-11(10)13/h6-7,9H,3-5,14H2,1-2H3,(H,16,17)/t9-/m0/s1. The van der Waals surface area contributed by atoms with Crippen LogP contribution >= 0.6 is 11.6 Å². The molecular formula is C12H18ClN3O. The number of hydrogen-bond acceptors (Lipinski definition) is 3. The molecule has 1 aromatic heterocycles. The molecule has 0 radical (unpaired) electrons. The molecule has 0 unspecified atom stereocenters. The van der Waals surface area contributed by atoms with Gasteiger partial charge in [0.2, 0.25) is 5.91 Å². The van der Waals surface area contributed by atoms with Crippen molar-refractivity contribution in [3.8, 4) is 0 Å². The number of nitrogens with two attached hydrogens (primary N) is 1. The topological polar surface area (TPSA) is 68.0 Å². The summed E-state index contributed by atoms with van der Waals surface area (Å²) < 4.78 is 0. The lowest BCUT2D eigenvalue weighted by Gasteiger charge is -2.12. The molecule has 0 saturated carbocycles. The second-order valence-electron chi connectivity index (χ2n) is 4.09. The molecule has 0 aliphatic rings. The number of unbranched alkanes of at least 4 members (excludes halogenated alkanes) is 1. The van der Waals surface area contributed by atoms with Gasteiger partial charge >= 0.3 is 0 Å². The fourth-order valence-electron chi connectivity index (χ4n) is 1.42. The average molecular weight is 256 g/mol. The molecule has 0 aliphatic carbocycles. The number of amides is 1. The third-order valence-electron chi connectivity index (χ3n) is 2.44. The lowest BCUT2D eigenvalue weighted by atomic mass is 10.1. The van der Waals surface area contributed by atoms with Crippen LogP contribution in [0, 0.1) is 6.92 Å². The summed E-state index contributed by atoms with van der Waals surface area (Å²) in [5, 5.41) is 2.99. The van der Waals surface area contributed by atoms with Crippen LogP contribution in [0.25, 0.3) is 0 Å². The van der Waals surface area contributed by atoms with E-state index in [0.717, 1.165) is 18.4 Å². The highest BCUT2D eigenvalue weighted by Crippen LogP contribution is 2.20. The highest BCUT2D eigenvalue weighted by atomic mass is 35.5. The number of carbonyl (C=O) groups excluding carboxylic acids is 1. The Balaban J connectivity index is 2.64. The summed E-state index contributed by atoms with van der Waals surface area (Å²) in [4.78, 5) is 15.7. The van der Waals surface area contributed by atoms with Crippen molar-refractivity contribution < 1.29 is 4.79 Å². The second kappa shape index (κ2) is 6.57. The third-order valence-corrected chi connectivity index (χ3v) is 2.74. The van der Waals surface area contributed by atoms with Crippen molar-refractivity contribution in [3.63, 3.8) is 0 Å². The van der Waals surface area contributed by atoms with Crippen molar-refractivity contribution in [1.82, 2.24) is 4.98 Å². The summed E-state index contributed by atoms with van der Waals surface area (Å²) in [6.45, 7) is 3.95. The Morgan fingerprint density at radius 1 is 1.65 bits per heavy atom. The minimum atomic E-state index is -0.494. The molecule has 1 aromatic rings. The second-order valence-corrected chi connectivity index (χ2v) is 4.45. The molecule has 1 heterocycles. The molecule has 1 rings (SSSR count). The lowest BCUT2D eigenvalue weighted by molar-refractivity contribution is -0.117. The zero-order valence-corrected chi connectivity index (χ0v) is 10.9. The fraction of sp³-hybridized carbons (Fsp3) is 0.500. The van der Waals surface area contributed by atoms with Gasteiger partial charge in [0.1, 0.15) is 0 Å². The van der Waals surface area contributed by atoms with Crippen LogP contribution in [-0.4, -0.2) is 16.9 Å².